The van der Waals surface area contributed by atoms with E-state index >= 15 is 0 Å². The number of aryl methyl sites for hydroxylation is 2. The molecule has 1 unspecified atom stereocenters. The van der Waals surface area contributed by atoms with E-state index in [1.807, 2.05) is 67.6 Å². The molecule has 1 atom stereocenters. The highest BCUT2D eigenvalue weighted by Gasteiger charge is 2.45. The van der Waals surface area contributed by atoms with Gasteiger partial charge in [-0.3, -0.25) is 14.5 Å². The number of aromatic nitrogens is 1. The molecule has 0 saturated carbocycles. The van der Waals surface area contributed by atoms with E-state index in [1.165, 1.54) is 4.90 Å². The second-order valence-corrected chi connectivity index (χ2v) is 10.7. The van der Waals surface area contributed by atoms with Crippen LogP contribution in [0.1, 0.15) is 61.1 Å². The maximum absolute atomic E-state index is 13.9. The molecular weight excluding hydrogens is 540 g/mol. The van der Waals surface area contributed by atoms with Gasteiger partial charge in [-0.1, -0.05) is 65.4 Å². The predicted octanol–water partition coefficient (Wildman–Crippen LogP) is 6.37. The standard InChI is InChI=1S/C32H26N2O6S/c1-4-38-31(37)29-19(3)33-32(41-29)34-26(21-11-13-22(14-12-21)39-17-20-8-6-5-7-9-20)25-27(35)23-16-18(2)10-15-24(23)40-28(25)30(34)36/h5-16,26H,4,17H2,1-3H3. The molecule has 5 aromatic rings. The van der Waals surface area contributed by atoms with Gasteiger partial charge in [-0.05, 0) is 56.2 Å². The van der Waals surface area contributed by atoms with Gasteiger partial charge in [0.1, 0.15) is 22.8 Å². The first-order valence-corrected chi connectivity index (χ1v) is 14.0. The summed E-state index contributed by atoms with van der Waals surface area (Å²) in [5, 5.41) is 0.671. The van der Waals surface area contributed by atoms with Crippen molar-refractivity contribution in [1.82, 2.24) is 4.98 Å². The van der Waals surface area contributed by atoms with E-state index < -0.39 is 17.9 Å². The predicted molar refractivity (Wildman–Crippen MR) is 156 cm³/mol. The van der Waals surface area contributed by atoms with Crippen LogP contribution in [0.4, 0.5) is 5.13 Å². The lowest BCUT2D eigenvalue weighted by Crippen LogP contribution is -2.29. The zero-order valence-electron chi connectivity index (χ0n) is 22.7. The van der Waals surface area contributed by atoms with Crippen molar-refractivity contribution in [2.75, 3.05) is 11.5 Å². The van der Waals surface area contributed by atoms with Crippen molar-refractivity contribution in [2.24, 2.45) is 0 Å². The van der Waals surface area contributed by atoms with Crippen LogP contribution in [-0.4, -0.2) is 23.5 Å². The van der Waals surface area contributed by atoms with Gasteiger partial charge in [0.05, 0.1) is 29.3 Å². The minimum Gasteiger partial charge on any atom is -0.489 e. The number of hydrogen-bond donors (Lipinski definition) is 0. The average Bonchev–Trinajstić information content (AvgIpc) is 3.50. The topological polar surface area (TPSA) is 98.9 Å². The van der Waals surface area contributed by atoms with Gasteiger partial charge in [0.2, 0.25) is 5.76 Å². The van der Waals surface area contributed by atoms with Crippen LogP contribution in [0.25, 0.3) is 11.0 Å². The summed E-state index contributed by atoms with van der Waals surface area (Å²) in [6, 6.07) is 21.6. The van der Waals surface area contributed by atoms with E-state index in [9.17, 15) is 14.4 Å². The molecule has 6 rings (SSSR count). The molecule has 41 heavy (non-hydrogen) atoms. The molecule has 1 amide bonds. The Morgan fingerprint density at radius 2 is 1.78 bits per heavy atom. The van der Waals surface area contributed by atoms with Crippen LogP contribution in [0.2, 0.25) is 0 Å². The number of benzene rings is 3. The van der Waals surface area contributed by atoms with Gasteiger partial charge in [0, 0.05) is 0 Å². The van der Waals surface area contributed by atoms with E-state index in [0.29, 0.717) is 39.5 Å². The first-order valence-electron chi connectivity index (χ1n) is 13.2. The highest BCUT2D eigenvalue weighted by molar-refractivity contribution is 7.17. The van der Waals surface area contributed by atoms with Crippen molar-refractivity contribution < 1.29 is 23.5 Å². The van der Waals surface area contributed by atoms with Crippen LogP contribution >= 0.6 is 11.3 Å². The minimum absolute atomic E-state index is 0.0358. The molecule has 8 nitrogen and oxygen atoms in total. The van der Waals surface area contributed by atoms with Crippen LogP contribution in [0.3, 0.4) is 0 Å². The minimum atomic E-state index is -0.817. The average molecular weight is 567 g/mol. The van der Waals surface area contributed by atoms with Crippen molar-refractivity contribution in [3.05, 3.63) is 122 Å². The molecule has 0 N–H and O–H groups in total. The van der Waals surface area contributed by atoms with Gasteiger partial charge in [-0.25, -0.2) is 9.78 Å². The molecule has 0 radical (unpaired) electrons. The highest BCUT2D eigenvalue weighted by atomic mass is 32.1. The van der Waals surface area contributed by atoms with Crippen LogP contribution in [0.5, 0.6) is 5.75 Å². The number of carbonyl (C=O) groups is 2. The fourth-order valence-corrected chi connectivity index (χ4v) is 5.95. The summed E-state index contributed by atoms with van der Waals surface area (Å²) >= 11 is 1.05. The second-order valence-electron chi connectivity index (χ2n) is 9.73. The Balaban J connectivity index is 1.45. The Morgan fingerprint density at radius 1 is 1.02 bits per heavy atom. The number of amides is 1. The number of rotatable bonds is 7. The second kappa shape index (κ2) is 10.7. The van der Waals surface area contributed by atoms with E-state index in [2.05, 4.69) is 4.98 Å². The molecular formula is C32H26N2O6S. The number of ether oxygens (including phenoxy) is 2. The zero-order valence-corrected chi connectivity index (χ0v) is 23.5. The van der Waals surface area contributed by atoms with Gasteiger partial charge in [-0.15, -0.1) is 0 Å². The van der Waals surface area contributed by atoms with Crippen LogP contribution < -0.4 is 15.1 Å². The van der Waals surface area contributed by atoms with Crippen molar-refractivity contribution in [2.45, 2.75) is 33.4 Å². The Morgan fingerprint density at radius 3 is 2.51 bits per heavy atom. The number of anilines is 1. The molecule has 0 bridgehead atoms. The first-order chi connectivity index (χ1) is 19.9. The Bertz CT molecular complexity index is 1840. The Hall–Kier alpha value is -4.76. The Kier molecular flexibility index (Phi) is 6.88. The quantitative estimate of drug-likeness (QED) is 0.211. The van der Waals surface area contributed by atoms with Crippen molar-refractivity contribution in [1.29, 1.82) is 0 Å². The van der Waals surface area contributed by atoms with E-state index in [4.69, 9.17) is 13.9 Å². The van der Waals surface area contributed by atoms with Crippen molar-refractivity contribution in [3.8, 4) is 5.75 Å². The lowest BCUT2D eigenvalue weighted by atomic mass is 9.98. The fraction of sp³-hybridized carbons (Fsp3) is 0.188. The lowest BCUT2D eigenvalue weighted by molar-refractivity contribution is 0.0531. The van der Waals surface area contributed by atoms with E-state index in [-0.39, 0.29) is 28.5 Å². The smallest absolute Gasteiger partial charge is 0.350 e. The molecule has 0 fully saturated rings. The van der Waals surface area contributed by atoms with Crippen LogP contribution in [0, 0.1) is 13.8 Å². The molecule has 0 spiro atoms. The summed E-state index contributed by atoms with van der Waals surface area (Å²) in [4.78, 5) is 46.7. The maximum Gasteiger partial charge on any atom is 0.350 e. The number of esters is 1. The van der Waals surface area contributed by atoms with Gasteiger partial charge in [0.15, 0.2) is 10.6 Å². The normalized spacial score (nSPS) is 14.4. The van der Waals surface area contributed by atoms with E-state index in [1.54, 1.807) is 26.0 Å². The summed E-state index contributed by atoms with van der Waals surface area (Å²) in [5.41, 5.74) is 3.34. The van der Waals surface area contributed by atoms with Gasteiger partial charge >= 0.3 is 5.97 Å². The summed E-state index contributed by atoms with van der Waals surface area (Å²) in [6.45, 7) is 5.92. The summed E-state index contributed by atoms with van der Waals surface area (Å²) in [7, 11) is 0. The van der Waals surface area contributed by atoms with Gasteiger partial charge in [-0.2, -0.15) is 0 Å². The molecule has 3 aromatic carbocycles. The summed E-state index contributed by atoms with van der Waals surface area (Å²) in [5.74, 6) is -0.404. The molecule has 1 aliphatic rings. The summed E-state index contributed by atoms with van der Waals surface area (Å²) in [6.07, 6.45) is 0. The molecule has 2 aromatic heterocycles. The third kappa shape index (κ3) is 4.78. The SMILES string of the molecule is CCOC(=O)c1sc(N2C(=O)c3oc4ccc(C)cc4c(=O)c3C2c2ccc(OCc3ccccc3)cc2)nc1C. The fourth-order valence-electron chi connectivity index (χ4n) is 4.96. The van der Waals surface area contributed by atoms with Crippen molar-refractivity contribution in [3.63, 3.8) is 0 Å². The molecule has 9 heteroatoms. The number of hydrogen-bond acceptors (Lipinski definition) is 8. The van der Waals surface area contributed by atoms with Crippen LogP contribution in [-0.2, 0) is 11.3 Å². The molecule has 206 valence electrons. The number of fused-ring (bicyclic) bond motifs is 2. The first kappa shape index (κ1) is 26.5. The highest BCUT2D eigenvalue weighted by Crippen LogP contribution is 2.43. The third-order valence-electron chi connectivity index (χ3n) is 6.92. The van der Waals surface area contributed by atoms with Crippen molar-refractivity contribution >= 4 is 39.3 Å². The van der Waals surface area contributed by atoms with Gasteiger partial charge in [0.25, 0.3) is 5.91 Å². The third-order valence-corrected chi connectivity index (χ3v) is 8.06. The summed E-state index contributed by atoms with van der Waals surface area (Å²) < 4.78 is 17.2. The largest absolute Gasteiger partial charge is 0.489 e. The van der Waals surface area contributed by atoms with E-state index in [0.717, 1.165) is 22.5 Å². The monoisotopic (exact) mass is 566 g/mol. The molecule has 3 heterocycles. The molecule has 0 aliphatic carbocycles. The molecule has 1 aliphatic heterocycles. The number of nitrogens with zero attached hydrogens (tertiary/aromatic N) is 2. The number of carbonyl (C=O) groups excluding carboxylic acids is 2. The maximum atomic E-state index is 13.9. The lowest BCUT2D eigenvalue weighted by Gasteiger charge is -2.22. The Labute approximate surface area is 239 Å². The zero-order chi connectivity index (χ0) is 28.7. The number of thiazole rings is 1. The van der Waals surface area contributed by atoms with Crippen LogP contribution in [0.15, 0.2) is 82.0 Å². The molecule has 0 saturated heterocycles. The van der Waals surface area contributed by atoms with Gasteiger partial charge < -0.3 is 13.9 Å².